The number of carbonyl (C=O) groups is 1. The van der Waals surface area contributed by atoms with Crippen LogP contribution in [-0.4, -0.2) is 26.0 Å². The Morgan fingerprint density at radius 2 is 2.00 bits per heavy atom. The number of rotatable bonds is 2. The molecule has 0 aliphatic carbocycles. The standard InChI is InChI=1S/C13H19N3O/c1-15-13(17)10-6-8-16(9-7-10)12-5-3-2-4-11(12)14/h2-5,10H,6-9,14H2,1H3,(H,15,17). The normalized spacial score (nSPS) is 16.9. The van der Waals surface area contributed by atoms with E-state index in [0.29, 0.717) is 0 Å². The van der Waals surface area contributed by atoms with Crippen LogP contribution >= 0.6 is 0 Å². The Morgan fingerprint density at radius 3 is 2.59 bits per heavy atom. The number of anilines is 2. The summed E-state index contributed by atoms with van der Waals surface area (Å²) in [5.41, 5.74) is 7.85. The van der Waals surface area contributed by atoms with Crippen molar-refractivity contribution in [2.24, 2.45) is 5.92 Å². The monoisotopic (exact) mass is 233 g/mol. The first kappa shape index (κ1) is 11.8. The van der Waals surface area contributed by atoms with Crippen LogP contribution in [0.25, 0.3) is 0 Å². The van der Waals surface area contributed by atoms with Crippen molar-refractivity contribution in [2.45, 2.75) is 12.8 Å². The predicted octanol–water partition coefficient (Wildman–Crippen LogP) is 1.23. The molecule has 0 radical (unpaired) electrons. The third-order valence-electron chi connectivity index (χ3n) is 3.39. The van der Waals surface area contributed by atoms with E-state index < -0.39 is 0 Å². The Labute approximate surface area is 102 Å². The first-order valence-corrected chi connectivity index (χ1v) is 6.03. The van der Waals surface area contributed by atoms with Crippen molar-refractivity contribution in [3.8, 4) is 0 Å². The van der Waals surface area contributed by atoms with Gasteiger partial charge in [0.2, 0.25) is 5.91 Å². The molecule has 4 heteroatoms. The third-order valence-corrected chi connectivity index (χ3v) is 3.39. The van der Waals surface area contributed by atoms with E-state index in [-0.39, 0.29) is 11.8 Å². The molecule has 92 valence electrons. The quantitative estimate of drug-likeness (QED) is 0.755. The summed E-state index contributed by atoms with van der Waals surface area (Å²) >= 11 is 0. The lowest BCUT2D eigenvalue weighted by molar-refractivity contribution is -0.125. The fourth-order valence-electron chi connectivity index (χ4n) is 2.36. The molecular formula is C13H19N3O. The Bertz CT molecular complexity index is 397. The lowest BCUT2D eigenvalue weighted by Crippen LogP contribution is -2.39. The molecule has 0 unspecified atom stereocenters. The minimum absolute atomic E-state index is 0.154. The van der Waals surface area contributed by atoms with Gasteiger partial charge in [0.1, 0.15) is 0 Å². The third kappa shape index (κ3) is 2.52. The second-order valence-electron chi connectivity index (χ2n) is 4.43. The molecule has 1 aromatic carbocycles. The van der Waals surface area contributed by atoms with Crippen LogP contribution in [0, 0.1) is 5.92 Å². The second-order valence-corrected chi connectivity index (χ2v) is 4.43. The zero-order chi connectivity index (χ0) is 12.3. The number of nitrogens with two attached hydrogens (primary N) is 1. The van der Waals surface area contributed by atoms with Gasteiger partial charge in [-0.05, 0) is 25.0 Å². The average Bonchev–Trinajstić information content (AvgIpc) is 2.39. The number of benzene rings is 1. The molecule has 1 heterocycles. The van der Waals surface area contributed by atoms with Crippen molar-refractivity contribution in [1.82, 2.24) is 5.32 Å². The molecule has 1 aliphatic heterocycles. The van der Waals surface area contributed by atoms with Gasteiger partial charge in [0.25, 0.3) is 0 Å². The Kier molecular flexibility index (Phi) is 3.52. The number of hydrogen-bond acceptors (Lipinski definition) is 3. The molecule has 4 nitrogen and oxygen atoms in total. The topological polar surface area (TPSA) is 58.4 Å². The summed E-state index contributed by atoms with van der Waals surface area (Å²) in [4.78, 5) is 13.8. The molecule has 3 N–H and O–H groups in total. The molecule has 0 aromatic heterocycles. The zero-order valence-corrected chi connectivity index (χ0v) is 10.1. The second kappa shape index (κ2) is 5.08. The van der Waals surface area contributed by atoms with Crippen LogP contribution in [0.1, 0.15) is 12.8 Å². The molecule has 0 spiro atoms. The van der Waals surface area contributed by atoms with Crippen LogP contribution in [0.3, 0.4) is 0 Å². The summed E-state index contributed by atoms with van der Waals surface area (Å²) in [6.07, 6.45) is 1.79. The van der Waals surface area contributed by atoms with Gasteiger partial charge in [-0.2, -0.15) is 0 Å². The molecule has 2 rings (SSSR count). The summed E-state index contributed by atoms with van der Waals surface area (Å²) in [6.45, 7) is 1.79. The highest BCUT2D eigenvalue weighted by Gasteiger charge is 2.24. The maximum absolute atomic E-state index is 11.5. The van der Waals surface area contributed by atoms with Crippen LogP contribution < -0.4 is 16.0 Å². The molecule has 17 heavy (non-hydrogen) atoms. The lowest BCUT2D eigenvalue weighted by atomic mass is 9.95. The van der Waals surface area contributed by atoms with E-state index in [9.17, 15) is 4.79 Å². The predicted molar refractivity (Wildman–Crippen MR) is 69.9 cm³/mol. The Balaban J connectivity index is 2.00. The number of piperidine rings is 1. The molecule has 0 bridgehead atoms. The van der Waals surface area contributed by atoms with E-state index in [1.54, 1.807) is 7.05 Å². The summed E-state index contributed by atoms with van der Waals surface area (Å²) in [6, 6.07) is 7.89. The number of nitrogens with one attached hydrogen (secondary N) is 1. The van der Waals surface area contributed by atoms with Gasteiger partial charge in [0.15, 0.2) is 0 Å². The fraction of sp³-hybridized carbons (Fsp3) is 0.462. The van der Waals surface area contributed by atoms with Crippen LogP contribution in [-0.2, 0) is 4.79 Å². The first-order valence-electron chi connectivity index (χ1n) is 6.03. The largest absolute Gasteiger partial charge is 0.397 e. The van der Waals surface area contributed by atoms with Crippen molar-refractivity contribution >= 4 is 17.3 Å². The van der Waals surface area contributed by atoms with E-state index in [0.717, 1.165) is 37.3 Å². The molecule has 0 atom stereocenters. The van der Waals surface area contributed by atoms with Crippen LogP contribution in [0.15, 0.2) is 24.3 Å². The molecule has 1 amide bonds. The minimum atomic E-state index is 0.154. The van der Waals surface area contributed by atoms with Gasteiger partial charge in [-0.1, -0.05) is 12.1 Å². The van der Waals surface area contributed by atoms with Crippen molar-refractivity contribution in [3.63, 3.8) is 0 Å². The lowest BCUT2D eigenvalue weighted by Gasteiger charge is -2.33. The highest BCUT2D eigenvalue weighted by molar-refractivity contribution is 5.78. The van der Waals surface area contributed by atoms with Crippen LogP contribution in [0.2, 0.25) is 0 Å². The van der Waals surface area contributed by atoms with Crippen molar-refractivity contribution in [2.75, 3.05) is 30.8 Å². The highest BCUT2D eigenvalue weighted by atomic mass is 16.1. The molecule has 1 aromatic rings. The van der Waals surface area contributed by atoms with E-state index in [1.807, 2.05) is 24.3 Å². The minimum Gasteiger partial charge on any atom is -0.397 e. The first-order chi connectivity index (χ1) is 8.22. The number of para-hydroxylation sites is 2. The van der Waals surface area contributed by atoms with E-state index in [4.69, 9.17) is 5.73 Å². The molecule has 1 aliphatic rings. The highest BCUT2D eigenvalue weighted by Crippen LogP contribution is 2.27. The van der Waals surface area contributed by atoms with E-state index in [2.05, 4.69) is 10.2 Å². The number of carbonyl (C=O) groups excluding carboxylic acids is 1. The van der Waals surface area contributed by atoms with E-state index in [1.165, 1.54) is 0 Å². The van der Waals surface area contributed by atoms with Crippen LogP contribution in [0.4, 0.5) is 11.4 Å². The van der Waals surface area contributed by atoms with Crippen molar-refractivity contribution in [3.05, 3.63) is 24.3 Å². The van der Waals surface area contributed by atoms with Crippen LogP contribution in [0.5, 0.6) is 0 Å². The smallest absolute Gasteiger partial charge is 0.222 e. The fourth-order valence-corrected chi connectivity index (χ4v) is 2.36. The number of nitrogen functional groups attached to an aromatic ring is 1. The van der Waals surface area contributed by atoms with Gasteiger partial charge < -0.3 is 16.0 Å². The summed E-state index contributed by atoms with van der Waals surface area (Å²) < 4.78 is 0. The van der Waals surface area contributed by atoms with Crippen molar-refractivity contribution < 1.29 is 4.79 Å². The number of nitrogens with zero attached hydrogens (tertiary/aromatic N) is 1. The summed E-state index contributed by atoms with van der Waals surface area (Å²) in [5, 5.41) is 2.72. The van der Waals surface area contributed by atoms with E-state index >= 15 is 0 Å². The zero-order valence-electron chi connectivity index (χ0n) is 10.1. The van der Waals surface area contributed by atoms with Crippen molar-refractivity contribution in [1.29, 1.82) is 0 Å². The maximum atomic E-state index is 11.5. The number of amides is 1. The van der Waals surface area contributed by atoms with Gasteiger partial charge in [0, 0.05) is 26.1 Å². The molecule has 0 saturated carbocycles. The summed E-state index contributed by atoms with van der Waals surface area (Å²) in [5.74, 6) is 0.312. The van der Waals surface area contributed by atoms with Gasteiger partial charge in [-0.15, -0.1) is 0 Å². The van der Waals surface area contributed by atoms with Gasteiger partial charge in [-0.25, -0.2) is 0 Å². The maximum Gasteiger partial charge on any atom is 0.222 e. The number of hydrogen-bond donors (Lipinski definition) is 2. The van der Waals surface area contributed by atoms with Gasteiger partial charge >= 0.3 is 0 Å². The Hall–Kier alpha value is -1.71. The molecular weight excluding hydrogens is 214 g/mol. The summed E-state index contributed by atoms with van der Waals surface area (Å²) in [7, 11) is 1.70. The van der Waals surface area contributed by atoms with Gasteiger partial charge in [0.05, 0.1) is 11.4 Å². The SMILES string of the molecule is CNC(=O)C1CCN(c2ccccc2N)CC1. The van der Waals surface area contributed by atoms with Gasteiger partial charge in [-0.3, -0.25) is 4.79 Å². The Morgan fingerprint density at radius 1 is 1.35 bits per heavy atom. The molecule has 1 fully saturated rings. The average molecular weight is 233 g/mol. The molecule has 1 saturated heterocycles.